The van der Waals surface area contributed by atoms with Crippen LogP contribution in [0.15, 0.2) is 72.7 Å². The van der Waals surface area contributed by atoms with Gasteiger partial charge in [0, 0.05) is 18.3 Å². The number of anilines is 1. The predicted molar refractivity (Wildman–Crippen MR) is 137 cm³/mol. The van der Waals surface area contributed by atoms with Crippen molar-refractivity contribution >= 4 is 23.1 Å². The van der Waals surface area contributed by atoms with E-state index in [4.69, 9.17) is 11.6 Å². The van der Waals surface area contributed by atoms with Crippen molar-refractivity contribution in [3.8, 4) is 0 Å². The molecular formula is C26H40ClN3O. The van der Waals surface area contributed by atoms with Crippen LogP contribution in [-0.2, 0) is 4.79 Å². The van der Waals surface area contributed by atoms with Gasteiger partial charge in [-0.3, -0.25) is 4.79 Å². The summed E-state index contributed by atoms with van der Waals surface area (Å²) in [5.41, 5.74) is 3.83. The molecule has 1 atom stereocenters. The van der Waals surface area contributed by atoms with Crippen LogP contribution in [-0.4, -0.2) is 42.3 Å². The predicted octanol–water partition coefficient (Wildman–Crippen LogP) is 6.89. The molecule has 0 bridgehead atoms. The largest absolute Gasteiger partial charge is 0.353 e. The van der Waals surface area contributed by atoms with E-state index in [-0.39, 0.29) is 5.78 Å². The van der Waals surface area contributed by atoms with Gasteiger partial charge in [-0.25, -0.2) is 0 Å². The molecule has 0 fully saturated rings. The highest BCUT2D eigenvalue weighted by atomic mass is 35.5. The monoisotopic (exact) mass is 445 g/mol. The van der Waals surface area contributed by atoms with E-state index in [1.165, 1.54) is 0 Å². The zero-order valence-corrected chi connectivity index (χ0v) is 21.1. The summed E-state index contributed by atoms with van der Waals surface area (Å²) < 4.78 is 0. The van der Waals surface area contributed by atoms with Crippen LogP contribution < -0.4 is 5.32 Å². The summed E-state index contributed by atoms with van der Waals surface area (Å²) in [6.07, 6.45) is 7.52. The van der Waals surface area contributed by atoms with Crippen molar-refractivity contribution in [2.24, 2.45) is 0 Å². The van der Waals surface area contributed by atoms with Gasteiger partial charge in [-0.05, 0) is 65.9 Å². The van der Waals surface area contributed by atoms with Gasteiger partial charge in [0.15, 0.2) is 5.78 Å². The average molecular weight is 446 g/mol. The molecule has 0 radical (unpaired) electrons. The molecule has 0 heterocycles. The summed E-state index contributed by atoms with van der Waals surface area (Å²) in [4.78, 5) is 14.7. The van der Waals surface area contributed by atoms with Crippen LogP contribution in [0.5, 0.6) is 0 Å². The number of likely N-dealkylation sites (N-methyl/N-ethyl adjacent to an activating group) is 1. The number of nitrogens with one attached hydrogen (secondary N) is 1. The highest BCUT2D eigenvalue weighted by Gasteiger charge is 2.14. The molecule has 1 aromatic rings. The normalized spacial score (nSPS) is 12.2. The zero-order chi connectivity index (χ0) is 24.0. The van der Waals surface area contributed by atoms with Crippen molar-refractivity contribution in [3.63, 3.8) is 0 Å². The Kier molecular flexibility index (Phi) is 14.3. The minimum atomic E-state index is 0.105. The first-order valence-corrected chi connectivity index (χ1v) is 11.1. The lowest BCUT2D eigenvalue weighted by molar-refractivity contribution is -0.112. The lowest BCUT2D eigenvalue weighted by Gasteiger charge is -2.30. The number of hydrogen-bond donors (Lipinski definition) is 1. The number of carbonyl (C=O) groups excluding carboxylic acids is 1. The quantitative estimate of drug-likeness (QED) is 0.297. The summed E-state index contributed by atoms with van der Waals surface area (Å²) >= 11 is 6.19. The maximum absolute atomic E-state index is 10.5. The molecule has 0 aliphatic heterocycles. The van der Waals surface area contributed by atoms with E-state index in [2.05, 4.69) is 43.3 Å². The molecular weight excluding hydrogens is 406 g/mol. The molecule has 1 N–H and O–H groups in total. The fourth-order valence-corrected chi connectivity index (χ4v) is 2.78. The van der Waals surface area contributed by atoms with E-state index in [0.29, 0.717) is 11.1 Å². The standard InChI is InChI=1S/C18H25ClN2.C8H15NO/c1-6-13-21(14(4)7-2)18(8-3)15(5)20-17-12-10-9-11-16(17)19;1-7(9(3)4)5-6-8(2)10/h8-12,20H,4-7,13H2,1-3H3;5-7H,1-4H3/b18-8-;6-5+/t;7-/m.1/s1. The number of hydrogen-bond acceptors (Lipinski definition) is 4. The summed E-state index contributed by atoms with van der Waals surface area (Å²) in [5.74, 6) is 0.105. The highest BCUT2D eigenvalue weighted by molar-refractivity contribution is 6.33. The lowest BCUT2D eigenvalue weighted by atomic mass is 10.2. The second kappa shape index (κ2) is 15.5. The summed E-state index contributed by atoms with van der Waals surface area (Å²) in [6.45, 7) is 19.1. The number of ketones is 1. The first kappa shape index (κ1) is 28.7. The van der Waals surface area contributed by atoms with Crippen molar-refractivity contribution in [1.29, 1.82) is 0 Å². The molecule has 5 heteroatoms. The molecule has 0 saturated carbocycles. The third-order valence-corrected chi connectivity index (χ3v) is 5.02. The molecule has 31 heavy (non-hydrogen) atoms. The topological polar surface area (TPSA) is 35.6 Å². The van der Waals surface area contributed by atoms with Crippen LogP contribution in [0.25, 0.3) is 0 Å². The van der Waals surface area contributed by atoms with Gasteiger partial charge in [-0.15, -0.1) is 0 Å². The van der Waals surface area contributed by atoms with Crippen LogP contribution in [0.1, 0.15) is 47.5 Å². The molecule has 1 rings (SSSR count). The third-order valence-electron chi connectivity index (χ3n) is 4.69. The number of halogens is 1. The minimum absolute atomic E-state index is 0.105. The Labute approximate surface area is 195 Å². The molecule has 0 spiro atoms. The first-order valence-electron chi connectivity index (χ1n) is 10.8. The smallest absolute Gasteiger partial charge is 0.152 e. The summed E-state index contributed by atoms with van der Waals surface area (Å²) in [5, 5.41) is 3.99. The van der Waals surface area contributed by atoms with E-state index < -0.39 is 0 Å². The number of rotatable bonds is 11. The molecule has 0 aromatic heterocycles. The molecule has 172 valence electrons. The molecule has 0 amide bonds. The summed E-state index contributed by atoms with van der Waals surface area (Å²) in [7, 11) is 3.96. The van der Waals surface area contributed by atoms with Crippen molar-refractivity contribution in [1.82, 2.24) is 9.80 Å². The van der Waals surface area contributed by atoms with Gasteiger partial charge in [-0.1, -0.05) is 62.9 Å². The second-order valence-electron chi connectivity index (χ2n) is 7.50. The molecule has 0 aliphatic carbocycles. The maximum Gasteiger partial charge on any atom is 0.152 e. The Bertz CT molecular complexity index is 781. The van der Waals surface area contributed by atoms with E-state index in [0.717, 1.165) is 42.2 Å². The Hall–Kier alpha value is -2.30. The van der Waals surface area contributed by atoms with E-state index >= 15 is 0 Å². The van der Waals surface area contributed by atoms with Gasteiger partial charge in [0.2, 0.25) is 0 Å². The zero-order valence-electron chi connectivity index (χ0n) is 20.3. The van der Waals surface area contributed by atoms with E-state index in [1.54, 1.807) is 13.0 Å². The van der Waals surface area contributed by atoms with Crippen LogP contribution >= 0.6 is 11.6 Å². The summed E-state index contributed by atoms with van der Waals surface area (Å²) in [6, 6.07) is 8.01. The number of benzene rings is 1. The van der Waals surface area contributed by atoms with Crippen LogP contribution in [0.2, 0.25) is 5.02 Å². The number of para-hydroxylation sites is 1. The van der Waals surface area contributed by atoms with Crippen LogP contribution in [0.4, 0.5) is 5.69 Å². The Morgan fingerprint density at radius 3 is 2.29 bits per heavy atom. The van der Waals surface area contributed by atoms with Gasteiger partial charge >= 0.3 is 0 Å². The van der Waals surface area contributed by atoms with Gasteiger partial charge in [0.25, 0.3) is 0 Å². The number of allylic oxidation sites excluding steroid dienone is 3. The Morgan fingerprint density at radius 1 is 1.23 bits per heavy atom. The van der Waals surface area contributed by atoms with E-state index in [9.17, 15) is 4.79 Å². The van der Waals surface area contributed by atoms with Gasteiger partial charge in [0.1, 0.15) is 0 Å². The van der Waals surface area contributed by atoms with Crippen molar-refractivity contribution in [2.45, 2.75) is 53.5 Å². The van der Waals surface area contributed by atoms with Gasteiger partial charge in [-0.2, -0.15) is 0 Å². The number of nitrogens with zero attached hydrogens (tertiary/aromatic N) is 2. The molecule has 1 aromatic carbocycles. The number of carbonyl (C=O) groups is 1. The molecule has 4 nitrogen and oxygen atoms in total. The third kappa shape index (κ3) is 11.0. The first-order chi connectivity index (χ1) is 14.6. The lowest BCUT2D eigenvalue weighted by Crippen LogP contribution is -2.25. The van der Waals surface area contributed by atoms with Gasteiger partial charge in [0.05, 0.1) is 22.1 Å². The minimum Gasteiger partial charge on any atom is -0.353 e. The highest BCUT2D eigenvalue weighted by Crippen LogP contribution is 2.26. The Morgan fingerprint density at radius 2 is 1.84 bits per heavy atom. The fourth-order valence-electron chi connectivity index (χ4n) is 2.59. The van der Waals surface area contributed by atoms with Crippen molar-refractivity contribution in [3.05, 3.63) is 77.8 Å². The Balaban J connectivity index is 0.000000759. The fraction of sp³-hybridized carbons (Fsp3) is 0.423. The van der Waals surface area contributed by atoms with Crippen LogP contribution in [0.3, 0.4) is 0 Å². The molecule has 0 unspecified atom stereocenters. The SMILES string of the molecule is C=C(Nc1ccccc1Cl)/C(=C/C)N(CCC)C(=C)CC.CC(=O)/C=C/[C@@H](C)N(C)C. The average Bonchev–Trinajstić information content (AvgIpc) is 2.73. The molecule has 0 saturated heterocycles. The molecule has 0 aliphatic rings. The van der Waals surface area contributed by atoms with E-state index in [1.807, 2.05) is 63.2 Å². The van der Waals surface area contributed by atoms with Crippen molar-refractivity contribution < 1.29 is 4.79 Å². The van der Waals surface area contributed by atoms with Gasteiger partial charge < -0.3 is 15.1 Å². The second-order valence-corrected chi connectivity index (χ2v) is 7.91. The maximum atomic E-state index is 10.5. The van der Waals surface area contributed by atoms with Crippen LogP contribution in [0, 0.1) is 0 Å². The van der Waals surface area contributed by atoms with Crippen molar-refractivity contribution in [2.75, 3.05) is 26.0 Å².